The van der Waals surface area contributed by atoms with E-state index in [1.807, 2.05) is 62.4 Å². The molecule has 31 heavy (non-hydrogen) atoms. The van der Waals surface area contributed by atoms with Crippen LogP contribution in [0.15, 0.2) is 70.7 Å². The smallest absolute Gasteiger partial charge is 0.266 e. The number of amides is 1. The predicted octanol–water partition coefficient (Wildman–Crippen LogP) is 6.84. The van der Waals surface area contributed by atoms with Gasteiger partial charge in [0.05, 0.1) is 5.02 Å². The second-order valence-electron chi connectivity index (χ2n) is 7.05. The fraction of sp³-hybridized carbons (Fsp3) is 0.120. The lowest BCUT2D eigenvalue weighted by atomic mass is 10.1. The van der Waals surface area contributed by atoms with E-state index in [-0.39, 0.29) is 5.57 Å². The average molecular weight is 496 g/mol. The van der Waals surface area contributed by atoms with E-state index in [1.165, 1.54) is 6.08 Å². The van der Waals surface area contributed by atoms with E-state index in [0.717, 1.165) is 21.2 Å². The second-order valence-corrected chi connectivity index (χ2v) is 8.37. The zero-order chi connectivity index (χ0) is 22.4. The molecule has 0 aliphatic rings. The molecule has 0 saturated carbocycles. The Kier molecular flexibility index (Phi) is 7.51. The molecule has 0 fully saturated rings. The molecule has 4 nitrogen and oxygen atoms in total. The molecule has 0 aliphatic heterocycles. The van der Waals surface area contributed by atoms with Crippen LogP contribution in [0.4, 0.5) is 5.69 Å². The van der Waals surface area contributed by atoms with Crippen LogP contribution in [0.25, 0.3) is 6.08 Å². The summed E-state index contributed by atoms with van der Waals surface area (Å²) in [5, 5.41) is 12.7. The summed E-state index contributed by atoms with van der Waals surface area (Å²) in [5.41, 5.74) is 4.26. The number of aryl methyl sites for hydroxylation is 2. The summed E-state index contributed by atoms with van der Waals surface area (Å²) < 4.78 is 6.79. The van der Waals surface area contributed by atoms with Gasteiger partial charge in [0, 0.05) is 10.2 Å². The molecule has 0 radical (unpaired) electrons. The maximum Gasteiger partial charge on any atom is 0.266 e. The van der Waals surface area contributed by atoms with Gasteiger partial charge in [-0.2, -0.15) is 5.26 Å². The van der Waals surface area contributed by atoms with Gasteiger partial charge in [-0.05, 0) is 72.5 Å². The summed E-state index contributed by atoms with van der Waals surface area (Å²) in [5.74, 6) is 0.0583. The number of carbonyl (C=O) groups is 1. The van der Waals surface area contributed by atoms with Gasteiger partial charge < -0.3 is 10.1 Å². The minimum Gasteiger partial charge on any atom is -0.487 e. The number of anilines is 1. The predicted molar refractivity (Wildman–Crippen MR) is 128 cm³/mol. The lowest BCUT2D eigenvalue weighted by Crippen LogP contribution is -2.14. The SMILES string of the molecule is Cc1ccc(C)c(NC(=O)/C(C#N)=C/c2ccc(OCc3ccc(Br)cc3)c(Cl)c2)c1. The van der Waals surface area contributed by atoms with Crippen LogP contribution in [0.1, 0.15) is 22.3 Å². The van der Waals surface area contributed by atoms with Crippen LogP contribution < -0.4 is 10.1 Å². The fourth-order valence-electron chi connectivity index (χ4n) is 2.84. The average Bonchev–Trinajstić information content (AvgIpc) is 2.75. The molecule has 0 unspecified atom stereocenters. The summed E-state index contributed by atoms with van der Waals surface area (Å²) in [6, 6.07) is 20.7. The van der Waals surface area contributed by atoms with Gasteiger partial charge in [-0.1, -0.05) is 57.9 Å². The molecular formula is C25H20BrClN2O2. The number of rotatable bonds is 6. The van der Waals surface area contributed by atoms with Crippen molar-refractivity contribution in [3.05, 3.63) is 98.0 Å². The van der Waals surface area contributed by atoms with Gasteiger partial charge in [0.2, 0.25) is 0 Å². The molecule has 0 aromatic heterocycles. The van der Waals surface area contributed by atoms with Gasteiger partial charge in [0.25, 0.3) is 5.91 Å². The Balaban J connectivity index is 1.72. The minimum atomic E-state index is -0.470. The zero-order valence-electron chi connectivity index (χ0n) is 17.1. The summed E-state index contributed by atoms with van der Waals surface area (Å²) in [4.78, 5) is 12.6. The Morgan fingerprint density at radius 3 is 2.55 bits per heavy atom. The number of carbonyl (C=O) groups excluding carboxylic acids is 1. The van der Waals surface area contributed by atoms with Crippen LogP contribution in [-0.4, -0.2) is 5.91 Å². The van der Waals surface area contributed by atoms with Gasteiger partial charge in [-0.15, -0.1) is 0 Å². The number of hydrogen-bond donors (Lipinski definition) is 1. The third kappa shape index (κ3) is 6.21. The molecule has 0 spiro atoms. The van der Waals surface area contributed by atoms with Crippen LogP contribution in [0, 0.1) is 25.2 Å². The van der Waals surface area contributed by atoms with Crippen LogP contribution in [0.2, 0.25) is 5.02 Å². The van der Waals surface area contributed by atoms with Gasteiger partial charge in [0.1, 0.15) is 24.0 Å². The van der Waals surface area contributed by atoms with Crippen molar-refractivity contribution in [2.24, 2.45) is 0 Å². The Labute approximate surface area is 195 Å². The molecule has 1 N–H and O–H groups in total. The number of ether oxygens (including phenoxy) is 1. The molecule has 3 rings (SSSR count). The van der Waals surface area contributed by atoms with Gasteiger partial charge in [-0.3, -0.25) is 4.79 Å². The molecule has 6 heteroatoms. The Hall–Kier alpha value is -3.07. The van der Waals surface area contributed by atoms with Crippen LogP contribution in [0.5, 0.6) is 5.75 Å². The monoisotopic (exact) mass is 494 g/mol. The highest BCUT2D eigenvalue weighted by molar-refractivity contribution is 9.10. The van der Waals surface area contributed by atoms with Gasteiger partial charge in [-0.25, -0.2) is 0 Å². The van der Waals surface area contributed by atoms with Crippen molar-refractivity contribution >= 4 is 45.2 Å². The summed E-state index contributed by atoms with van der Waals surface area (Å²) in [7, 11) is 0. The Morgan fingerprint density at radius 1 is 1.13 bits per heavy atom. The highest BCUT2D eigenvalue weighted by Gasteiger charge is 2.12. The van der Waals surface area contributed by atoms with Crippen molar-refractivity contribution in [3.63, 3.8) is 0 Å². The minimum absolute atomic E-state index is 0.0134. The number of halogens is 2. The molecule has 0 heterocycles. The number of nitrogens with zero attached hydrogens (tertiary/aromatic N) is 1. The van der Waals surface area contributed by atoms with E-state index in [9.17, 15) is 10.1 Å². The molecular weight excluding hydrogens is 476 g/mol. The highest BCUT2D eigenvalue weighted by atomic mass is 79.9. The van der Waals surface area contributed by atoms with E-state index < -0.39 is 5.91 Å². The first-order chi connectivity index (χ1) is 14.9. The quantitative estimate of drug-likeness (QED) is 0.301. The van der Waals surface area contributed by atoms with Gasteiger partial charge in [0.15, 0.2) is 0 Å². The molecule has 3 aromatic rings. The largest absolute Gasteiger partial charge is 0.487 e. The molecule has 3 aromatic carbocycles. The van der Waals surface area contributed by atoms with Crippen molar-refractivity contribution < 1.29 is 9.53 Å². The maximum atomic E-state index is 12.6. The molecule has 156 valence electrons. The number of nitrogens with one attached hydrogen (secondary N) is 1. The molecule has 0 saturated heterocycles. The van der Waals surface area contributed by atoms with Crippen LogP contribution in [0.3, 0.4) is 0 Å². The van der Waals surface area contributed by atoms with Crippen molar-refractivity contribution in [3.8, 4) is 11.8 Å². The topological polar surface area (TPSA) is 62.1 Å². The first-order valence-corrected chi connectivity index (χ1v) is 10.7. The van der Waals surface area contributed by atoms with Crippen LogP contribution in [-0.2, 0) is 11.4 Å². The standard InChI is InChI=1S/C25H20BrClN2O2/c1-16-3-4-17(2)23(11-16)29-25(30)20(14-28)12-19-7-10-24(22(27)13-19)31-15-18-5-8-21(26)9-6-18/h3-13H,15H2,1-2H3,(H,29,30)/b20-12+. The molecule has 0 aliphatic carbocycles. The van der Waals surface area contributed by atoms with E-state index >= 15 is 0 Å². The van der Waals surface area contributed by atoms with Crippen molar-refractivity contribution in [2.75, 3.05) is 5.32 Å². The zero-order valence-corrected chi connectivity index (χ0v) is 19.4. The lowest BCUT2D eigenvalue weighted by Gasteiger charge is -2.10. The Bertz CT molecular complexity index is 1180. The number of benzene rings is 3. The second kappa shape index (κ2) is 10.3. The Morgan fingerprint density at radius 2 is 1.87 bits per heavy atom. The highest BCUT2D eigenvalue weighted by Crippen LogP contribution is 2.27. The van der Waals surface area contributed by atoms with Crippen molar-refractivity contribution in [2.45, 2.75) is 20.5 Å². The van der Waals surface area contributed by atoms with Crippen molar-refractivity contribution in [1.29, 1.82) is 5.26 Å². The van der Waals surface area contributed by atoms with Crippen molar-refractivity contribution in [1.82, 2.24) is 0 Å². The summed E-state index contributed by atoms with van der Waals surface area (Å²) in [6.07, 6.45) is 1.50. The van der Waals surface area contributed by atoms with Gasteiger partial charge >= 0.3 is 0 Å². The summed E-state index contributed by atoms with van der Waals surface area (Å²) >= 11 is 9.75. The van der Waals surface area contributed by atoms with E-state index in [1.54, 1.807) is 18.2 Å². The summed E-state index contributed by atoms with van der Waals surface area (Å²) in [6.45, 7) is 4.22. The van der Waals surface area contributed by atoms with E-state index in [4.69, 9.17) is 16.3 Å². The number of hydrogen-bond acceptors (Lipinski definition) is 3. The molecule has 0 atom stereocenters. The third-order valence-electron chi connectivity index (χ3n) is 4.58. The first-order valence-electron chi connectivity index (χ1n) is 9.53. The van der Waals surface area contributed by atoms with E-state index in [2.05, 4.69) is 21.2 Å². The fourth-order valence-corrected chi connectivity index (χ4v) is 3.35. The van der Waals surface area contributed by atoms with E-state index in [0.29, 0.717) is 28.6 Å². The molecule has 1 amide bonds. The third-order valence-corrected chi connectivity index (χ3v) is 5.40. The van der Waals surface area contributed by atoms with Crippen LogP contribution >= 0.6 is 27.5 Å². The first kappa shape index (κ1) is 22.6. The number of nitriles is 1. The molecule has 0 bridgehead atoms. The maximum absolute atomic E-state index is 12.6. The normalized spacial score (nSPS) is 11.0. The lowest BCUT2D eigenvalue weighted by molar-refractivity contribution is -0.112.